The van der Waals surface area contributed by atoms with Crippen molar-refractivity contribution in [2.24, 2.45) is 5.73 Å². The van der Waals surface area contributed by atoms with E-state index >= 15 is 0 Å². The largest absolute Gasteiger partial charge is 0.416 e. The van der Waals surface area contributed by atoms with Gasteiger partial charge in [0.05, 0.1) is 38.0 Å². The van der Waals surface area contributed by atoms with Gasteiger partial charge in [-0.25, -0.2) is 0 Å². The maximum absolute atomic E-state index is 14.0. The van der Waals surface area contributed by atoms with Crippen LogP contribution in [0.3, 0.4) is 0 Å². The van der Waals surface area contributed by atoms with Gasteiger partial charge >= 0.3 is 21.4 Å². The van der Waals surface area contributed by atoms with Gasteiger partial charge in [0.15, 0.2) is 5.40 Å². The third kappa shape index (κ3) is 7.46. The summed E-state index contributed by atoms with van der Waals surface area (Å²) in [5, 5.41) is -1.71. The first-order chi connectivity index (χ1) is 15.3. The van der Waals surface area contributed by atoms with Crippen molar-refractivity contribution in [2.75, 3.05) is 26.4 Å². The molecule has 13 heteroatoms. The third-order valence-electron chi connectivity index (χ3n) is 4.68. The van der Waals surface area contributed by atoms with Crippen LogP contribution < -0.4 is 5.73 Å². The zero-order valence-electron chi connectivity index (χ0n) is 19.3. The molecule has 8 nitrogen and oxygen atoms in total. The summed E-state index contributed by atoms with van der Waals surface area (Å²) < 4.78 is 88.9. The van der Waals surface area contributed by atoms with Gasteiger partial charge in [-0.3, -0.25) is 13.9 Å². The fourth-order valence-electron chi connectivity index (χ4n) is 3.38. The van der Waals surface area contributed by atoms with E-state index in [-0.39, 0.29) is 32.0 Å². The Hall–Kier alpha value is -1.06. The highest BCUT2D eigenvalue weighted by Crippen LogP contribution is 2.74. The second-order valence-corrected chi connectivity index (χ2v) is 11.7. The van der Waals surface area contributed by atoms with E-state index in [1.807, 2.05) is 0 Å². The monoisotopic (exact) mass is 517 g/mol. The molecule has 0 aliphatic rings. The lowest BCUT2D eigenvalue weighted by Gasteiger charge is -2.38. The summed E-state index contributed by atoms with van der Waals surface area (Å²) in [5.41, 5.74) is 5.30. The zero-order chi connectivity index (χ0) is 25.4. The Kier molecular flexibility index (Phi) is 11.4. The van der Waals surface area contributed by atoms with E-state index in [1.54, 1.807) is 0 Å². The highest BCUT2D eigenvalue weighted by molar-refractivity contribution is 7.72. The van der Waals surface area contributed by atoms with Crippen molar-refractivity contribution in [1.82, 2.24) is 0 Å². The van der Waals surface area contributed by atoms with Crippen molar-refractivity contribution in [3.05, 3.63) is 35.4 Å². The number of hydrogen-bond acceptors (Lipinski definition) is 8. The fourth-order valence-corrected chi connectivity index (χ4v) is 9.27. The maximum Gasteiger partial charge on any atom is 0.416 e. The maximum atomic E-state index is 14.0. The molecule has 0 bridgehead atoms. The quantitative estimate of drug-likeness (QED) is 0.319. The molecule has 0 aliphatic heterocycles. The van der Waals surface area contributed by atoms with E-state index in [9.17, 15) is 27.1 Å². The summed E-state index contributed by atoms with van der Waals surface area (Å²) in [6, 6.07) is 2.35. The number of halogens is 3. The summed E-state index contributed by atoms with van der Waals surface area (Å²) >= 11 is 0. The van der Waals surface area contributed by atoms with Crippen LogP contribution in [-0.2, 0) is 38.2 Å². The SMILES string of the molecule is CCOP(=O)(OCC)C([C@H](c1ccc(C(F)(F)F)cc1)[C@H](N)C(C)=O)P(=O)(OCC)OCC. The number of carbonyl (C=O) groups excluding carboxylic acids is 1. The van der Waals surface area contributed by atoms with E-state index in [1.165, 1.54) is 27.7 Å². The first-order valence-electron chi connectivity index (χ1n) is 10.5. The molecule has 190 valence electrons. The molecule has 33 heavy (non-hydrogen) atoms. The summed E-state index contributed by atoms with van der Waals surface area (Å²) in [6.07, 6.45) is -4.60. The smallest absolute Gasteiger partial charge is 0.321 e. The van der Waals surface area contributed by atoms with Gasteiger partial charge in [0.25, 0.3) is 0 Å². The van der Waals surface area contributed by atoms with Crippen molar-refractivity contribution in [2.45, 2.75) is 58.2 Å². The molecule has 0 spiro atoms. The minimum Gasteiger partial charge on any atom is -0.321 e. The van der Waals surface area contributed by atoms with Gasteiger partial charge in [-0.1, -0.05) is 12.1 Å². The Morgan fingerprint density at radius 3 is 1.52 bits per heavy atom. The lowest BCUT2D eigenvalue weighted by atomic mass is 9.90. The molecule has 0 amide bonds. The number of alkyl halides is 3. The van der Waals surface area contributed by atoms with E-state index in [4.69, 9.17) is 23.8 Å². The molecular formula is C20H32F3NO7P2. The lowest BCUT2D eigenvalue weighted by molar-refractivity contribution is -0.137. The van der Waals surface area contributed by atoms with E-state index in [0.717, 1.165) is 31.2 Å². The number of benzene rings is 1. The molecule has 2 atom stereocenters. The molecule has 0 unspecified atom stereocenters. The molecule has 1 aromatic rings. The van der Waals surface area contributed by atoms with Gasteiger partial charge in [0.1, 0.15) is 5.78 Å². The number of hydrogen-bond donors (Lipinski definition) is 1. The molecule has 2 N–H and O–H groups in total. The Morgan fingerprint density at radius 2 is 1.24 bits per heavy atom. The van der Waals surface area contributed by atoms with Gasteiger partial charge < -0.3 is 23.8 Å². The summed E-state index contributed by atoms with van der Waals surface area (Å²) in [6.45, 7) is 6.86. The highest BCUT2D eigenvalue weighted by atomic mass is 31.2. The van der Waals surface area contributed by atoms with E-state index in [0.29, 0.717) is 0 Å². The average molecular weight is 517 g/mol. The average Bonchev–Trinajstić information content (AvgIpc) is 2.71. The number of carbonyl (C=O) groups is 1. The zero-order valence-corrected chi connectivity index (χ0v) is 21.1. The van der Waals surface area contributed by atoms with E-state index < -0.39 is 50.1 Å². The molecule has 0 radical (unpaired) electrons. The Labute approximate surface area is 192 Å². The molecule has 0 aliphatic carbocycles. The van der Waals surface area contributed by atoms with Crippen LogP contribution in [0.25, 0.3) is 0 Å². The normalized spacial score (nSPS) is 15.0. The van der Waals surface area contributed by atoms with Gasteiger partial charge in [-0.2, -0.15) is 13.2 Å². The molecule has 0 saturated carbocycles. The lowest BCUT2D eigenvalue weighted by Crippen LogP contribution is -2.42. The Bertz CT molecular complexity index is 814. The van der Waals surface area contributed by atoms with Crippen molar-refractivity contribution < 1.29 is 45.2 Å². The highest BCUT2D eigenvalue weighted by Gasteiger charge is 2.57. The van der Waals surface area contributed by atoms with Crippen LogP contribution in [0.15, 0.2) is 24.3 Å². The molecule has 1 rings (SSSR count). The van der Waals surface area contributed by atoms with Crippen LogP contribution in [0.5, 0.6) is 0 Å². The summed E-state index contributed by atoms with van der Waals surface area (Å²) in [4.78, 5) is 12.3. The van der Waals surface area contributed by atoms with Gasteiger partial charge in [0, 0.05) is 5.92 Å². The number of Topliss-reactive ketones (excluding diaryl/α,β-unsaturated/α-hetero) is 1. The van der Waals surface area contributed by atoms with Crippen LogP contribution in [0.4, 0.5) is 13.2 Å². The van der Waals surface area contributed by atoms with Crippen molar-refractivity contribution >= 4 is 21.0 Å². The minimum atomic E-state index is -4.60. The van der Waals surface area contributed by atoms with Crippen LogP contribution in [0.2, 0.25) is 0 Å². The second kappa shape index (κ2) is 12.6. The van der Waals surface area contributed by atoms with E-state index in [2.05, 4.69) is 0 Å². The molecule has 0 fully saturated rings. The topological polar surface area (TPSA) is 114 Å². The predicted octanol–water partition coefficient (Wildman–Crippen LogP) is 5.56. The molecular weight excluding hydrogens is 485 g/mol. The van der Waals surface area contributed by atoms with Crippen LogP contribution in [0.1, 0.15) is 51.7 Å². The first-order valence-corrected chi connectivity index (χ1v) is 13.7. The number of ketones is 1. The van der Waals surface area contributed by atoms with Crippen LogP contribution in [-0.4, -0.2) is 43.7 Å². The van der Waals surface area contributed by atoms with Gasteiger partial charge in [-0.05, 0) is 52.3 Å². The van der Waals surface area contributed by atoms with Crippen molar-refractivity contribution in [1.29, 1.82) is 0 Å². The van der Waals surface area contributed by atoms with Gasteiger partial charge in [0.2, 0.25) is 0 Å². The predicted molar refractivity (Wildman–Crippen MR) is 118 cm³/mol. The second-order valence-electron chi connectivity index (χ2n) is 6.95. The third-order valence-corrected chi connectivity index (χ3v) is 10.8. The Morgan fingerprint density at radius 1 is 0.879 bits per heavy atom. The standard InChI is InChI=1S/C20H32F3NO7P2/c1-6-28-32(26,29-7-2)19(33(27,30-8-3)31-9-4)17(18(24)14(5)25)15-10-12-16(13-11-15)20(21,22)23/h10-13,17-19H,6-9,24H2,1-5H3/t17-,18-/m1/s1. The first kappa shape index (κ1) is 30.0. The number of nitrogens with two attached hydrogens (primary N) is 1. The minimum absolute atomic E-state index is 0.0787. The molecule has 0 heterocycles. The summed E-state index contributed by atoms with van der Waals surface area (Å²) in [5.74, 6) is -1.94. The fraction of sp³-hybridized carbons (Fsp3) is 0.650. The van der Waals surface area contributed by atoms with Crippen molar-refractivity contribution in [3.63, 3.8) is 0 Å². The van der Waals surface area contributed by atoms with Crippen molar-refractivity contribution in [3.8, 4) is 0 Å². The van der Waals surface area contributed by atoms with Crippen LogP contribution >= 0.6 is 15.2 Å². The number of rotatable bonds is 14. The molecule has 0 saturated heterocycles. The molecule has 0 aromatic heterocycles. The molecule has 1 aromatic carbocycles. The van der Waals surface area contributed by atoms with Crippen LogP contribution in [0, 0.1) is 0 Å². The Balaban J connectivity index is 3.91. The summed E-state index contributed by atoms with van der Waals surface area (Å²) in [7, 11) is -8.68. The van der Waals surface area contributed by atoms with Gasteiger partial charge in [-0.15, -0.1) is 0 Å².